The van der Waals surface area contributed by atoms with E-state index in [4.69, 9.17) is 25.5 Å². The van der Waals surface area contributed by atoms with Gasteiger partial charge in [-0.1, -0.05) is 19.4 Å². The third-order valence-electron chi connectivity index (χ3n) is 12.3. The number of ketones is 1. The van der Waals surface area contributed by atoms with Crippen molar-refractivity contribution in [1.82, 2.24) is 0 Å². The molecule has 42 heavy (non-hydrogen) atoms. The van der Waals surface area contributed by atoms with Crippen molar-refractivity contribution in [3.63, 3.8) is 0 Å². The van der Waals surface area contributed by atoms with E-state index in [9.17, 15) is 24.6 Å². The van der Waals surface area contributed by atoms with Crippen molar-refractivity contribution in [2.45, 2.75) is 89.4 Å². The van der Waals surface area contributed by atoms with Crippen LogP contribution in [0.15, 0.2) is 46.3 Å². The average Bonchev–Trinajstić information content (AvgIpc) is 3.61. The zero-order valence-corrected chi connectivity index (χ0v) is 25.4. The van der Waals surface area contributed by atoms with E-state index in [2.05, 4.69) is 13.8 Å². The second-order valence-corrected chi connectivity index (χ2v) is 14.4. The largest absolute Gasteiger partial charge is 0.472 e. The van der Waals surface area contributed by atoms with Crippen LogP contribution in [-0.2, 0) is 19.1 Å². The Bertz CT molecular complexity index is 1330. The van der Waals surface area contributed by atoms with Crippen LogP contribution in [0.1, 0.15) is 76.6 Å². The van der Waals surface area contributed by atoms with Crippen LogP contribution in [-0.4, -0.2) is 57.7 Å². The SMILES string of the molecule is CC1=C(COC(=O)c2ccoc2)C(=O)O[C@@H]([C@@H](C)[C@H]2CC[C@H]3[C@@H]4C[C@H](Cl)[C@]5(O)[C@@H](O)C=CC(=O)[C@]5(C)[C@H]4CC[C@]23C)C1. The molecule has 9 heteroatoms. The molecule has 0 spiro atoms. The summed E-state index contributed by atoms with van der Waals surface area (Å²) in [5, 5.41) is 21.8. The van der Waals surface area contributed by atoms with Crippen LogP contribution in [0.25, 0.3) is 0 Å². The van der Waals surface area contributed by atoms with Gasteiger partial charge in [-0.25, -0.2) is 9.59 Å². The summed E-state index contributed by atoms with van der Waals surface area (Å²) in [5.41, 5.74) is -1.31. The van der Waals surface area contributed by atoms with Crippen LogP contribution in [0.2, 0.25) is 0 Å². The maximum Gasteiger partial charge on any atom is 0.341 e. The van der Waals surface area contributed by atoms with E-state index in [1.54, 1.807) is 0 Å². The lowest BCUT2D eigenvalue weighted by Gasteiger charge is -2.64. The van der Waals surface area contributed by atoms with Gasteiger partial charge in [-0.05, 0) is 99.2 Å². The first-order valence-electron chi connectivity index (χ1n) is 15.2. The molecule has 228 valence electrons. The molecule has 2 heterocycles. The Morgan fingerprint density at radius 3 is 2.67 bits per heavy atom. The second kappa shape index (κ2) is 10.3. The summed E-state index contributed by atoms with van der Waals surface area (Å²) in [7, 11) is 0. The summed E-state index contributed by atoms with van der Waals surface area (Å²) in [6.07, 6.45) is 8.83. The molecular formula is C33H41ClO8. The molecular weight excluding hydrogens is 560 g/mol. The number of alkyl halides is 1. The number of carbonyl (C=O) groups is 3. The highest BCUT2D eigenvalue weighted by Crippen LogP contribution is 2.69. The minimum atomic E-state index is -1.69. The smallest absolute Gasteiger partial charge is 0.341 e. The summed E-state index contributed by atoms with van der Waals surface area (Å²) in [4.78, 5) is 38.7. The first kappa shape index (κ1) is 29.6. The predicted molar refractivity (Wildman–Crippen MR) is 153 cm³/mol. The molecule has 5 aliphatic rings. The highest BCUT2D eigenvalue weighted by molar-refractivity contribution is 6.22. The predicted octanol–water partition coefficient (Wildman–Crippen LogP) is 5.01. The Labute approximate surface area is 251 Å². The summed E-state index contributed by atoms with van der Waals surface area (Å²) >= 11 is 6.88. The lowest BCUT2D eigenvalue weighted by atomic mass is 9.43. The van der Waals surface area contributed by atoms with Gasteiger partial charge in [-0.3, -0.25) is 4.79 Å². The van der Waals surface area contributed by atoms with Gasteiger partial charge in [0.15, 0.2) is 5.78 Å². The van der Waals surface area contributed by atoms with Crippen LogP contribution in [0.3, 0.4) is 0 Å². The molecule has 4 aliphatic carbocycles. The molecule has 0 radical (unpaired) electrons. The van der Waals surface area contributed by atoms with Gasteiger partial charge in [-0.15, -0.1) is 11.6 Å². The van der Waals surface area contributed by atoms with Gasteiger partial charge >= 0.3 is 11.9 Å². The fourth-order valence-electron chi connectivity index (χ4n) is 9.83. The maximum atomic E-state index is 13.4. The topological polar surface area (TPSA) is 123 Å². The summed E-state index contributed by atoms with van der Waals surface area (Å²) in [6, 6.07) is 1.51. The van der Waals surface area contributed by atoms with Crippen LogP contribution in [0, 0.1) is 40.4 Å². The number of esters is 2. The summed E-state index contributed by atoms with van der Waals surface area (Å²) < 4.78 is 16.3. The number of hydrogen-bond donors (Lipinski definition) is 2. The minimum Gasteiger partial charge on any atom is -0.472 e. The fraction of sp³-hybridized carbons (Fsp3) is 0.667. The highest BCUT2D eigenvalue weighted by atomic mass is 35.5. The van der Waals surface area contributed by atoms with Gasteiger partial charge in [0.2, 0.25) is 0 Å². The third kappa shape index (κ3) is 4.11. The summed E-state index contributed by atoms with van der Waals surface area (Å²) in [6.45, 7) is 8.10. The Kier molecular flexibility index (Phi) is 7.30. The third-order valence-corrected chi connectivity index (χ3v) is 12.8. The van der Waals surface area contributed by atoms with Crippen LogP contribution >= 0.6 is 11.6 Å². The van der Waals surface area contributed by atoms with Crippen molar-refractivity contribution in [3.8, 4) is 0 Å². The molecule has 2 N–H and O–H groups in total. The molecule has 6 rings (SSSR count). The molecule has 3 saturated carbocycles. The number of aliphatic hydroxyl groups is 2. The zero-order valence-electron chi connectivity index (χ0n) is 24.7. The van der Waals surface area contributed by atoms with Gasteiger partial charge < -0.3 is 24.1 Å². The number of furan rings is 1. The van der Waals surface area contributed by atoms with E-state index in [1.165, 1.54) is 30.7 Å². The highest BCUT2D eigenvalue weighted by Gasteiger charge is 2.71. The molecule has 0 saturated heterocycles. The number of aliphatic hydroxyl groups excluding tert-OH is 1. The van der Waals surface area contributed by atoms with Crippen molar-refractivity contribution in [2.24, 2.45) is 40.4 Å². The number of ether oxygens (including phenoxy) is 2. The standard InChI is InChI=1S/C33H41ClO8/c1-17-13-25(42-30(38)21(17)16-41-29(37)19-10-12-40-15-19)18(2)22-5-6-23-20-14-26(34)33(39)28(36)8-7-27(35)32(33,4)24(20)9-11-31(22,23)3/h7-8,10,12,15,18,20,22-26,28,36,39H,5-6,9,11,13-14,16H2,1-4H3/t18-,20-,22+,23-,24-,25+,26-,28-,31+,32-,33-/m0/s1. The van der Waals surface area contributed by atoms with E-state index < -0.39 is 34.4 Å². The molecule has 3 fully saturated rings. The average molecular weight is 601 g/mol. The lowest BCUT2D eigenvalue weighted by Crippen LogP contribution is -2.72. The molecule has 0 amide bonds. The number of hydrogen-bond acceptors (Lipinski definition) is 8. The van der Waals surface area contributed by atoms with Crippen LogP contribution in [0.5, 0.6) is 0 Å². The van der Waals surface area contributed by atoms with E-state index >= 15 is 0 Å². The Morgan fingerprint density at radius 1 is 1.21 bits per heavy atom. The lowest BCUT2D eigenvalue weighted by molar-refractivity contribution is -0.215. The van der Waals surface area contributed by atoms with E-state index in [0.29, 0.717) is 35.8 Å². The molecule has 1 aromatic rings. The van der Waals surface area contributed by atoms with Crippen molar-refractivity contribution in [1.29, 1.82) is 0 Å². The molecule has 0 aromatic carbocycles. The maximum absolute atomic E-state index is 13.4. The van der Waals surface area contributed by atoms with Crippen molar-refractivity contribution in [2.75, 3.05) is 6.61 Å². The number of fused-ring (bicyclic) bond motifs is 5. The second-order valence-electron chi connectivity index (χ2n) is 13.9. The monoisotopic (exact) mass is 600 g/mol. The molecule has 8 nitrogen and oxygen atoms in total. The number of carbonyl (C=O) groups excluding carboxylic acids is 3. The van der Waals surface area contributed by atoms with Gasteiger partial charge in [-0.2, -0.15) is 0 Å². The molecule has 11 atom stereocenters. The van der Waals surface area contributed by atoms with Gasteiger partial charge in [0.25, 0.3) is 0 Å². The fourth-order valence-corrected chi connectivity index (χ4v) is 10.4. The van der Waals surface area contributed by atoms with E-state index in [-0.39, 0.29) is 41.7 Å². The molecule has 0 bridgehead atoms. The van der Waals surface area contributed by atoms with Gasteiger partial charge in [0.05, 0.1) is 28.2 Å². The Balaban J connectivity index is 1.18. The first-order chi connectivity index (χ1) is 19.8. The molecule has 1 aromatic heterocycles. The van der Waals surface area contributed by atoms with Crippen molar-refractivity contribution in [3.05, 3.63) is 47.5 Å². The minimum absolute atomic E-state index is 0.0282. The molecule has 1 aliphatic heterocycles. The summed E-state index contributed by atoms with van der Waals surface area (Å²) in [5.74, 6) is -0.321. The Morgan fingerprint density at radius 2 is 1.98 bits per heavy atom. The van der Waals surface area contributed by atoms with E-state index in [1.807, 2.05) is 13.8 Å². The number of rotatable bonds is 5. The van der Waals surface area contributed by atoms with Crippen molar-refractivity contribution >= 4 is 29.3 Å². The number of cyclic esters (lactones) is 1. The van der Waals surface area contributed by atoms with Crippen LogP contribution in [0.4, 0.5) is 0 Å². The Hall–Kier alpha value is -2.42. The van der Waals surface area contributed by atoms with Crippen molar-refractivity contribution < 1.29 is 38.5 Å². The quantitative estimate of drug-likeness (QED) is 0.357. The van der Waals surface area contributed by atoms with Gasteiger partial charge in [0.1, 0.15) is 30.7 Å². The van der Waals surface area contributed by atoms with Crippen LogP contribution < -0.4 is 0 Å². The molecule has 0 unspecified atom stereocenters. The normalized spacial score (nSPS) is 43.7. The van der Waals surface area contributed by atoms with Gasteiger partial charge in [0, 0.05) is 6.42 Å². The number of halogens is 1. The zero-order chi connectivity index (χ0) is 30.2. The first-order valence-corrected chi connectivity index (χ1v) is 15.6. The van der Waals surface area contributed by atoms with E-state index in [0.717, 1.165) is 31.3 Å². The number of allylic oxidation sites excluding steroid dienone is 1.